The van der Waals surface area contributed by atoms with Gasteiger partial charge in [0.2, 0.25) is 0 Å². The van der Waals surface area contributed by atoms with Gasteiger partial charge in [-0.25, -0.2) is 10.2 Å². The maximum atomic E-state index is 12.0. The van der Waals surface area contributed by atoms with Crippen LogP contribution in [0.3, 0.4) is 0 Å². The van der Waals surface area contributed by atoms with E-state index in [1.54, 1.807) is 18.2 Å². The predicted octanol–water partition coefficient (Wildman–Crippen LogP) is 6.05. The number of nitrogens with one attached hydrogen (secondary N) is 2. The highest BCUT2D eigenvalue weighted by Gasteiger charge is 2.13. The van der Waals surface area contributed by atoms with E-state index in [4.69, 9.17) is 32.7 Å². The number of carbonyl (C=O) groups is 1. The number of nitrogens with zero attached hydrogens (tertiary/aromatic N) is 1. The van der Waals surface area contributed by atoms with Gasteiger partial charge in [0.15, 0.2) is 11.5 Å². The molecule has 0 heterocycles. The van der Waals surface area contributed by atoms with Crippen LogP contribution in [0.5, 0.6) is 11.5 Å². The smallest absolute Gasteiger partial charge is 0.339 e. The van der Waals surface area contributed by atoms with Crippen molar-refractivity contribution in [2.45, 2.75) is 13.5 Å². The Morgan fingerprint density at radius 1 is 1.06 bits per heavy atom. The van der Waals surface area contributed by atoms with Crippen molar-refractivity contribution in [1.29, 1.82) is 0 Å². The average molecular weight is 458 g/mol. The van der Waals surface area contributed by atoms with Gasteiger partial charge in [0.1, 0.15) is 6.61 Å². The molecule has 0 unspecified atom stereocenters. The lowest BCUT2D eigenvalue weighted by Crippen LogP contribution is -2.24. The van der Waals surface area contributed by atoms with Gasteiger partial charge in [-0.1, -0.05) is 59.6 Å². The summed E-state index contributed by atoms with van der Waals surface area (Å²) in [5, 5.41) is 7.64. The molecule has 3 aromatic rings. The molecule has 2 N–H and O–H groups in total. The number of hydrogen-bond acceptors (Lipinski definition) is 4. The van der Waals surface area contributed by atoms with Crippen LogP contribution in [0, 0.1) is 6.92 Å². The van der Waals surface area contributed by atoms with Crippen LogP contribution < -0.4 is 20.2 Å². The van der Waals surface area contributed by atoms with Gasteiger partial charge in [0.05, 0.1) is 18.3 Å². The average Bonchev–Trinajstić information content (AvgIpc) is 2.75. The Kier molecular flexibility index (Phi) is 7.76. The molecule has 0 aromatic heterocycles. The molecule has 0 aliphatic carbocycles. The first-order chi connectivity index (χ1) is 15.0. The highest BCUT2D eigenvalue weighted by Crippen LogP contribution is 2.37. The minimum Gasteiger partial charge on any atom is -0.493 e. The molecule has 3 aromatic carbocycles. The third-order valence-corrected chi connectivity index (χ3v) is 5.00. The van der Waals surface area contributed by atoms with Gasteiger partial charge < -0.3 is 14.8 Å². The van der Waals surface area contributed by atoms with E-state index in [1.165, 1.54) is 13.3 Å². The number of carbonyl (C=O) groups excluding carboxylic acids is 1. The van der Waals surface area contributed by atoms with Crippen LogP contribution in [0.25, 0.3) is 0 Å². The lowest BCUT2D eigenvalue weighted by atomic mass is 10.2. The Morgan fingerprint density at radius 3 is 2.55 bits per heavy atom. The second kappa shape index (κ2) is 10.7. The number of amides is 2. The monoisotopic (exact) mass is 457 g/mol. The molecular formula is C23H21Cl2N3O3. The van der Waals surface area contributed by atoms with Crippen molar-refractivity contribution in [1.82, 2.24) is 5.43 Å². The molecule has 0 aliphatic rings. The molecule has 160 valence electrons. The van der Waals surface area contributed by atoms with Gasteiger partial charge in [-0.2, -0.15) is 5.10 Å². The molecule has 0 bridgehead atoms. The Hall–Kier alpha value is -3.22. The number of para-hydroxylation sites is 1. The highest BCUT2D eigenvalue weighted by atomic mass is 35.5. The zero-order chi connectivity index (χ0) is 22.2. The fourth-order valence-electron chi connectivity index (χ4n) is 2.75. The zero-order valence-corrected chi connectivity index (χ0v) is 18.5. The molecule has 0 fully saturated rings. The fourth-order valence-corrected chi connectivity index (χ4v) is 3.21. The first-order valence-corrected chi connectivity index (χ1v) is 10.1. The highest BCUT2D eigenvalue weighted by molar-refractivity contribution is 6.32. The Morgan fingerprint density at radius 2 is 1.81 bits per heavy atom. The second-order valence-electron chi connectivity index (χ2n) is 6.55. The van der Waals surface area contributed by atoms with Crippen LogP contribution in [-0.4, -0.2) is 19.4 Å². The van der Waals surface area contributed by atoms with Crippen molar-refractivity contribution in [3.8, 4) is 11.5 Å². The first-order valence-electron chi connectivity index (χ1n) is 9.37. The van der Waals surface area contributed by atoms with Crippen LogP contribution >= 0.6 is 23.2 Å². The Balaban J connectivity index is 1.65. The molecule has 3 rings (SSSR count). The van der Waals surface area contributed by atoms with Crippen molar-refractivity contribution in [3.63, 3.8) is 0 Å². The Labute approximate surface area is 190 Å². The van der Waals surface area contributed by atoms with E-state index < -0.39 is 6.03 Å². The van der Waals surface area contributed by atoms with Crippen molar-refractivity contribution < 1.29 is 14.3 Å². The molecule has 0 aliphatic heterocycles. The number of benzene rings is 3. The van der Waals surface area contributed by atoms with Crippen LogP contribution in [0.1, 0.15) is 16.7 Å². The molecule has 0 saturated heterocycles. The van der Waals surface area contributed by atoms with Gasteiger partial charge in [0.25, 0.3) is 0 Å². The number of halogens is 2. The number of hydrazone groups is 1. The van der Waals surface area contributed by atoms with E-state index in [-0.39, 0.29) is 6.61 Å². The summed E-state index contributed by atoms with van der Waals surface area (Å²) >= 11 is 12.6. The number of rotatable bonds is 7. The maximum Gasteiger partial charge on any atom is 0.339 e. The van der Waals surface area contributed by atoms with Crippen LogP contribution in [-0.2, 0) is 6.61 Å². The predicted molar refractivity (Wildman–Crippen MR) is 125 cm³/mol. The maximum absolute atomic E-state index is 12.0. The van der Waals surface area contributed by atoms with Crippen molar-refractivity contribution >= 4 is 41.1 Å². The molecule has 0 saturated carbocycles. The van der Waals surface area contributed by atoms with E-state index in [2.05, 4.69) is 15.8 Å². The Bertz CT molecular complexity index is 1100. The molecule has 6 nitrogen and oxygen atoms in total. The van der Waals surface area contributed by atoms with Gasteiger partial charge in [-0.05, 0) is 42.3 Å². The molecule has 0 radical (unpaired) electrons. The van der Waals surface area contributed by atoms with Gasteiger partial charge in [-0.3, -0.25) is 0 Å². The third-order valence-electron chi connectivity index (χ3n) is 4.35. The number of urea groups is 1. The summed E-state index contributed by atoms with van der Waals surface area (Å²) in [6.07, 6.45) is 1.46. The van der Waals surface area contributed by atoms with E-state index in [9.17, 15) is 4.79 Å². The van der Waals surface area contributed by atoms with E-state index in [1.807, 2.05) is 49.4 Å². The number of ether oxygens (including phenoxy) is 2. The zero-order valence-electron chi connectivity index (χ0n) is 17.0. The van der Waals surface area contributed by atoms with Crippen LogP contribution in [0.2, 0.25) is 10.0 Å². The number of methoxy groups -OCH3 is 1. The molecule has 2 amide bonds. The normalized spacial score (nSPS) is 10.7. The van der Waals surface area contributed by atoms with Crippen LogP contribution in [0.4, 0.5) is 10.5 Å². The lowest BCUT2D eigenvalue weighted by Gasteiger charge is -2.14. The van der Waals surface area contributed by atoms with E-state index in [0.29, 0.717) is 32.8 Å². The molecular weight excluding hydrogens is 437 g/mol. The summed E-state index contributed by atoms with van der Waals surface area (Å²) in [5.74, 6) is 0.830. The summed E-state index contributed by atoms with van der Waals surface area (Å²) < 4.78 is 11.2. The molecule has 0 spiro atoms. The van der Waals surface area contributed by atoms with Gasteiger partial charge >= 0.3 is 6.03 Å². The van der Waals surface area contributed by atoms with E-state index >= 15 is 0 Å². The van der Waals surface area contributed by atoms with Crippen molar-refractivity contribution in [2.75, 3.05) is 12.4 Å². The summed E-state index contributed by atoms with van der Waals surface area (Å²) in [4.78, 5) is 12.0. The third kappa shape index (κ3) is 6.13. The topological polar surface area (TPSA) is 72.0 Å². The second-order valence-corrected chi connectivity index (χ2v) is 7.37. The summed E-state index contributed by atoms with van der Waals surface area (Å²) in [7, 11) is 1.52. The minimum absolute atomic E-state index is 0.240. The molecule has 8 heteroatoms. The number of aryl methyl sites for hydroxylation is 1. The van der Waals surface area contributed by atoms with E-state index in [0.717, 1.165) is 11.1 Å². The van der Waals surface area contributed by atoms with Crippen molar-refractivity contribution in [2.24, 2.45) is 5.10 Å². The van der Waals surface area contributed by atoms with Gasteiger partial charge in [-0.15, -0.1) is 0 Å². The first kappa shape index (κ1) is 22.5. The van der Waals surface area contributed by atoms with Crippen molar-refractivity contribution in [3.05, 3.63) is 87.4 Å². The van der Waals surface area contributed by atoms with Crippen LogP contribution in [0.15, 0.2) is 65.8 Å². The summed E-state index contributed by atoms with van der Waals surface area (Å²) in [6, 6.07) is 17.8. The summed E-state index contributed by atoms with van der Waals surface area (Å²) in [5.41, 5.74) is 5.54. The summed E-state index contributed by atoms with van der Waals surface area (Å²) in [6.45, 7) is 2.15. The molecule has 0 atom stereocenters. The quantitative estimate of drug-likeness (QED) is 0.335. The number of hydrogen-bond donors (Lipinski definition) is 2. The molecule has 31 heavy (non-hydrogen) atoms. The van der Waals surface area contributed by atoms with Gasteiger partial charge in [0, 0.05) is 16.3 Å². The SMILES string of the molecule is COc1cc(C=NNC(=O)Nc2ccccc2C)cc(Cl)c1OCc1ccccc1Cl. The largest absolute Gasteiger partial charge is 0.493 e. The minimum atomic E-state index is -0.455. The number of anilines is 1. The fraction of sp³-hybridized carbons (Fsp3) is 0.130. The lowest BCUT2D eigenvalue weighted by molar-refractivity contribution is 0.252. The standard InChI is InChI=1S/C23H21Cl2N3O3/c1-15-7-3-6-10-20(15)27-23(29)28-26-13-16-11-19(25)22(21(12-16)30-2)31-14-17-8-4-5-9-18(17)24/h3-13H,14H2,1-2H3,(H2,27,28,29).